The Balaban J connectivity index is 1.47. The lowest BCUT2D eigenvalue weighted by Gasteiger charge is -2.34. The molecule has 0 aliphatic carbocycles. The molecule has 1 aliphatic rings. The SMILES string of the molecule is CC(C)(C)NC(=O)N1CCC(Cn2cc(Cc3ccccc3)nn2)CC1. The highest BCUT2D eigenvalue weighted by Crippen LogP contribution is 2.19. The van der Waals surface area contributed by atoms with Crippen LogP contribution in [-0.2, 0) is 13.0 Å². The van der Waals surface area contributed by atoms with Crippen molar-refractivity contribution in [2.45, 2.75) is 52.1 Å². The fraction of sp³-hybridized carbons (Fsp3) is 0.550. The molecule has 1 fully saturated rings. The van der Waals surface area contributed by atoms with Crippen molar-refractivity contribution in [1.82, 2.24) is 25.2 Å². The number of rotatable bonds is 4. The lowest BCUT2D eigenvalue weighted by Crippen LogP contribution is -2.50. The normalized spacial score (nSPS) is 15.9. The van der Waals surface area contributed by atoms with Crippen molar-refractivity contribution in [3.8, 4) is 0 Å². The van der Waals surface area contributed by atoms with Crippen LogP contribution in [0.5, 0.6) is 0 Å². The molecule has 3 rings (SSSR count). The number of nitrogens with zero attached hydrogens (tertiary/aromatic N) is 4. The number of nitrogens with one attached hydrogen (secondary N) is 1. The third-order valence-electron chi connectivity index (χ3n) is 4.64. The Hall–Kier alpha value is -2.37. The van der Waals surface area contributed by atoms with E-state index in [4.69, 9.17) is 0 Å². The number of urea groups is 1. The summed E-state index contributed by atoms with van der Waals surface area (Å²) in [4.78, 5) is 14.2. The molecule has 2 amide bonds. The van der Waals surface area contributed by atoms with Gasteiger partial charge in [-0.15, -0.1) is 5.10 Å². The largest absolute Gasteiger partial charge is 0.333 e. The van der Waals surface area contributed by atoms with E-state index >= 15 is 0 Å². The zero-order valence-corrected chi connectivity index (χ0v) is 16.0. The fourth-order valence-electron chi connectivity index (χ4n) is 3.30. The molecule has 2 aromatic rings. The lowest BCUT2D eigenvalue weighted by molar-refractivity contribution is 0.157. The maximum Gasteiger partial charge on any atom is 0.317 e. The van der Waals surface area contributed by atoms with E-state index in [0.717, 1.165) is 44.6 Å². The van der Waals surface area contributed by atoms with Gasteiger partial charge in [0.1, 0.15) is 0 Å². The summed E-state index contributed by atoms with van der Waals surface area (Å²) in [7, 11) is 0. The molecular weight excluding hydrogens is 326 g/mol. The van der Waals surface area contributed by atoms with Crippen molar-refractivity contribution in [2.75, 3.05) is 13.1 Å². The minimum Gasteiger partial charge on any atom is -0.333 e. The quantitative estimate of drug-likeness (QED) is 0.917. The molecule has 6 nitrogen and oxygen atoms in total. The molecule has 0 saturated carbocycles. The average Bonchev–Trinajstić information content (AvgIpc) is 3.02. The van der Waals surface area contributed by atoms with Crippen LogP contribution in [-0.4, -0.2) is 44.6 Å². The molecule has 0 unspecified atom stereocenters. The Morgan fingerprint density at radius 3 is 2.54 bits per heavy atom. The highest BCUT2D eigenvalue weighted by Gasteiger charge is 2.25. The van der Waals surface area contributed by atoms with Gasteiger partial charge in [0.15, 0.2) is 0 Å². The number of hydrogen-bond donors (Lipinski definition) is 1. The van der Waals surface area contributed by atoms with Crippen molar-refractivity contribution in [3.63, 3.8) is 0 Å². The van der Waals surface area contributed by atoms with Gasteiger partial charge < -0.3 is 10.2 Å². The van der Waals surface area contributed by atoms with E-state index in [1.54, 1.807) is 0 Å². The summed E-state index contributed by atoms with van der Waals surface area (Å²) in [6.45, 7) is 8.51. The monoisotopic (exact) mass is 355 g/mol. The third-order valence-corrected chi connectivity index (χ3v) is 4.64. The predicted octanol–water partition coefficient (Wildman–Crippen LogP) is 3.09. The molecule has 1 N–H and O–H groups in total. The molecule has 1 saturated heterocycles. The van der Waals surface area contributed by atoms with Crippen LogP contribution in [0.2, 0.25) is 0 Å². The minimum atomic E-state index is -0.191. The topological polar surface area (TPSA) is 63.1 Å². The van der Waals surface area contributed by atoms with E-state index in [-0.39, 0.29) is 11.6 Å². The Labute approximate surface area is 155 Å². The Morgan fingerprint density at radius 2 is 1.88 bits per heavy atom. The molecule has 0 radical (unpaired) electrons. The second-order valence-corrected chi connectivity index (χ2v) is 8.20. The molecule has 1 aromatic heterocycles. The molecular formula is C20H29N5O. The molecule has 1 aliphatic heterocycles. The fourth-order valence-corrected chi connectivity index (χ4v) is 3.30. The van der Waals surface area contributed by atoms with Gasteiger partial charge in [-0.3, -0.25) is 4.68 Å². The lowest BCUT2D eigenvalue weighted by atomic mass is 9.97. The standard InChI is InChI=1S/C20H29N5O/c1-20(2,3)21-19(26)24-11-9-17(10-12-24)14-25-15-18(22-23-25)13-16-7-5-4-6-8-16/h4-8,15,17H,9-14H2,1-3H3,(H,21,26). The van der Waals surface area contributed by atoms with E-state index in [0.29, 0.717) is 5.92 Å². The van der Waals surface area contributed by atoms with Crippen LogP contribution in [0.25, 0.3) is 0 Å². The van der Waals surface area contributed by atoms with Crippen molar-refractivity contribution in [3.05, 3.63) is 47.8 Å². The maximum absolute atomic E-state index is 12.2. The van der Waals surface area contributed by atoms with Crippen molar-refractivity contribution >= 4 is 6.03 Å². The highest BCUT2D eigenvalue weighted by atomic mass is 16.2. The summed E-state index contributed by atoms with van der Waals surface area (Å²) in [5.74, 6) is 0.542. The number of likely N-dealkylation sites (tertiary alicyclic amines) is 1. The van der Waals surface area contributed by atoms with E-state index < -0.39 is 0 Å². The van der Waals surface area contributed by atoms with Crippen LogP contribution >= 0.6 is 0 Å². The number of hydrogen-bond acceptors (Lipinski definition) is 3. The molecule has 0 spiro atoms. The van der Waals surface area contributed by atoms with Crippen LogP contribution in [0, 0.1) is 5.92 Å². The summed E-state index contributed by atoms with van der Waals surface area (Å²) >= 11 is 0. The number of piperidine rings is 1. The second-order valence-electron chi connectivity index (χ2n) is 8.20. The van der Waals surface area contributed by atoms with Gasteiger partial charge in [-0.05, 0) is 45.1 Å². The van der Waals surface area contributed by atoms with Gasteiger partial charge in [0.05, 0.1) is 5.69 Å². The highest BCUT2D eigenvalue weighted by molar-refractivity contribution is 5.75. The molecule has 6 heteroatoms. The Bertz CT molecular complexity index is 711. The molecule has 2 heterocycles. The summed E-state index contributed by atoms with van der Waals surface area (Å²) < 4.78 is 1.95. The predicted molar refractivity (Wildman–Crippen MR) is 102 cm³/mol. The minimum absolute atomic E-state index is 0.0434. The van der Waals surface area contributed by atoms with Crippen LogP contribution in [0.4, 0.5) is 4.79 Å². The molecule has 26 heavy (non-hydrogen) atoms. The third kappa shape index (κ3) is 5.31. The summed E-state index contributed by atoms with van der Waals surface area (Å²) in [5.41, 5.74) is 2.06. The Morgan fingerprint density at radius 1 is 1.19 bits per heavy atom. The first kappa shape index (κ1) is 18.4. The molecule has 0 atom stereocenters. The molecule has 0 bridgehead atoms. The summed E-state index contributed by atoms with van der Waals surface area (Å²) in [6.07, 6.45) is 4.87. The second kappa shape index (κ2) is 7.89. The summed E-state index contributed by atoms with van der Waals surface area (Å²) in [6, 6.07) is 10.4. The number of carbonyl (C=O) groups excluding carboxylic acids is 1. The van der Waals surface area contributed by atoms with Gasteiger partial charge in [-0.25, -0.2) is 4.79 Å². The van der Waals surface area contributed by atoms with Crippen LogP contribution in [0.15, 0.2) is 36.5 Å². The number of aromatic nitrogens is 3. The molecule has 140 valence electrons. The maximum atomic E-state index is 12.2. The van der Waals surface area contributed by atoms with Crippen LogP contribution in [0.1, 0.15) is 44.9 Å². The smallest absolute Gasteiger partial charge is 0.317 e. The van der Waals surface area contributed by atoms with Gasteiger partial charge in [0, 0.05) is 37.8 Å². The first-order valence-corrected chi connectivity index (χ1v) is 9.39. The zero-order valence-electron chi connectivity index (χ0n) is 16.0. The zero-order chi connectivity index (χ0) is 18.6. The van der Waals surface area contributed by atoms with Crippen LogP contribution in [0.3, 0.4) is 0 Å². The first-order valence-electron chi connectivity index (χ1n) is 9.39. The number of amides is 2. The van der Waals surface area contributed by atoms with E-state index in [1.165, 1.54) is 5.56 Å². The van der Waals surface area contributed by atoms with Crippen molar-refractivity contribution in [1.29, 1.82) is 0 Å². The number of carbonyl (C=O) groups is 1. The van der Waals surface area contributed by atoms with Gasteiger partial charge in [-0.2, -0.15) is 0 Å². The molecule has 1 aromatic carbocycles. The van der Waals surface area contributed by atoms with E-state index in [2.05, 4.69) is 27.8 Å². The van der Waals surface area contributed by atoms with Crippen molar-refractivity contribution in [2.24, 2.45) is 5.92 Å². The van der Waals surface area contributed by atoms with Crippen molar-refractivity contribution < 1.29 is 4.79 Å². The van der Waals surface area contributed by atoms with Crippen LogP contribution < -0.4 is 5.32 Å². The Kier molecular flexibility index (Phi) is 5.59. The van der Waals surface area contributed by atoms with E-state index in [9.17, 15) is 4.79 Å². The summed E-state index contributed by atoms with van der Waals surface area (Å²) in [5, 5.41) is 11.6. The van der Waals surface area contributed by atoms with Gasteiger partial charge in [0.25, 0.3) is 0 Å². The number of benzene rings is 1. The van der Waals surface area contributed by atoms with E-state index in [1.807, 2.05) is 54.7 Å². The van der Waals surface area contributed by atoms with Gasteiger partial charge >= 0.3 is 6.03 Å². The first-order chi connectivity index (χ1) is 12.4. The average molecular weight is 355 g/mol. The van der Waals surface area contributed by atoms with Gasteiger partial charge in [-0.1, -0.05) is 35.5 Å². The van der Waals surface area contributed by atoms with Gasteiger partial charge in [0.2, 0.25) is 0 Å².